The number of allylic oxidation sites excluding steroid dienone is 1. The Morgan fingerprint density at radius 3 is 2.28 bits per heavy atom. The van der Waals surface area contributed by atoms with E-state index in [0.717, 1.165) is 35.2 Å². The second kappa shape index (κ2) is 18.7. The number of aliphatic imine (C=N–C) groups is 1. The minimum Gasteiger partial charge on any atom is -0.444 e. The number of aromatic amines is 1. The molecule has 0 radical (unpaired) electrons. The molecule has 60 heavy (non-hydrogen) atoms. The largest absolute Gasteiger partial charge is 0.444 e. The smallest absolute Gasteiger partial charge is 0.410 e. The molecule has 1 aliphatic carbocycles. The lowest BCUT2D eigenvalue weighted by Crippen LogP contribution is -2.57. The van der Waals surface area contributed by atoms with Crippen LogP contribution in [-0.2, 0) is 30.9 Å². The van der Waals surface area contributed by atoms with Crippen LogP contribution in [0.15, 0.2) is 65.8 Å². The Morgan fingerprint density at radius 1 is 0.933 bits per heavy atom. The van der Waals surface area contributed by atoms with E-state index in [1.165, 1.54) is 0 Å². The molecule has 16 nitrogen and oxygen atoms in total. The summed E-state index contributed by atoms with van der Waals surface area (Å²) < 4.78 is 11.0. The van der Waals surface area contributed by atoms with Crippen LogP contribution in [0, 0.1) is 11.8 Å². The highest BCUT2D eigenvalue weighted by Gasteiger charge is 2.36. The standard InChI is InChI=1S/C44H60N10O6/c1-42(2,3)59-40(57)47-26-29-8-12-31(13-9-29)38(55)49-34(39(56)48-33-18-14-30(15-19-33)37-50-52-53-51-37)24-28-10-16-32(17-11-28)44(7)20-21-45-35(25-44)36-27-54(23-22-46-36)41(58)60-43(4,5)6/h10-11,14-21,29,31,34,36,46H,8-9,12-13,22-27H2,1-7H3,(H,47,57)(H,48,56)(H,49,55)(H,50,51,52,53)/t29?,31?,34-,36?,44?/m0/s1. The Kier molecular flexibility index (Phi) is 13.7. The molecule has 6 rings (SSSR count). The van der Waals surface area contributed by atoms with E-state index in [9.17, 15) is 19.2 Å². The molecule has 2 unspecified atom stereocenters. The maximum Gasteiger partial charge on any atom is 0.410 e. The van der Waals surface area contributed by atoms with Gasteiger partial charge in [-0.25, -0.2) is 9.59 Å². The van der Waals surface area contributed by atoms with Crippen molar-refractivity contribution in [2.24, 2.45) is 16.8 Å². The van der Waals surface area contributed by atoms with Crippen molar-refractivity contribution in [2.75, 3.05) is 31.5 Å². The third-order valence-corrected chi connectivity index (χ3v) is 11.1. The van der Waals surface area contributed by atoms with Crippen molar-refractivity contribution >= 4 is 35.4 Å². The number of rotatable bonds is 11. The first kappa shape index (κ1) is 43.9. The number of hydrogen-bond acceptors (Lipinski definition) is 11. The molecule has 5 N–H and O–H groups in total. The number of H-pyrrole nitrogens is 1. The Morgan fingerprint density at radius 2 is 1.63 bits per heavy atom. The zero-order valence-electron chi connectivity index (χ0n) is 35.8. The van der Waals surface area contributed by atoms with Gasteiger partial charge < -0.3 is 35.6 Å². The second-order valence-electron chi connectivity index (χ2n) is 18.3. The molecule has 3 atom stereocenters. The number of nitrogens with zero attached hydrogens (tertiary/aromatic N) is 5. The van der Waals surface area contributed by atoms with Crippen molar-refractivity contribution in [1.29, 1.82) is 0 Å². The topological polar surface area (TPSA) is 205 Å². The summed E-state index contributed by atoms with van der Waals surface area (Å²) in [6.07, 6.45) is 6.97. The zero-order valence-corrected chi connectivity index (χ0v) is 35.8. The number of hydrogen-bond donors (Lipinski definition) is 5. The predicted octanol–water partition coefficient (Wildman–Crippen LogP) is 5.69. The monoisotopic (exact) mass is 824 g/mol. The fraction of sp³-hybridized carbons (Fsp3) is 0.545. The van der Waals surface area contributed by atoms with Crippen LogP contribution in [0.2, 0.25) is 0 Å². The molecular formula is C44H60N10O6. The van der Waals surface area contributed by atoms with Crippen LogP contribution in [0.1, 0.15) is 91.7 Å². The van der Waals surface area contributed by atoms with Gasteiger partial charge in [0.1, 0.15) is 17.2 Å². The van der Waals surface area contributed by atoms with Crippen LogP contribution >= 0.6 is 0 Å². The highest BCUT2D eigenvalue weighted by atomic mass is 16.6. The highest BCUT2D eigenvalue weighted by Crippen LogP contribution is 2.34. The number of alkyl carbamates (subject to hydrolysis) is 1. The van der Waals surface area contributed by atoms with E-state index in [0.29, 0.717) is 57.0 Å². The van der Waals surface area contributed by atoms with Crippen molar-refractivity contribution in [3.05, 3.63) is 71.9 Å². The summed E-state index contributed by atoms with van der Waals surface area (Å²) in [6, 6.07) is 14.3. The summed E-state index contributed by atoms with van der Waals surface area (Å²) in [5.41, 5.74) is 2.74. The lowest BCUT2D eigenvalue weighted by molar-refractivity contribution is -0.130. The number of aromatic nitrogens is 4. The Bertz CT molecular complexity index is 2010. The molecule has 2 aliphatic heterocycles. The van der Waals surface area contributed by atoms with Crippen LogP contribution in [0.4, 0.5) is 15.3 Å². The van der Waals surface area contributed by atoms with Crippen LogP contribution in [0.3, 0.4) is 0 Å². The molecule has 2 fully saturated rings. The lowest BCUT2D eigenvalue weighted by atomic mass is 9.75. The Labute approximate surface area is 352 Å². The fourth-order valence-corrected chi connectivity index (χ4v) is 7.80. The van der Waals surface area contributed by atoms with Crippen LogP contribution < -0.4 is 21.3 Å². The van der Waals surface area contributed by atoms with E-state index in [1.807, 2.05) is 59.9 Å². The molecule has 1 saturated carbocycles. The van der Waals surface area contributed by atoms with Gasteiger partial charge in [-0.15, -0.1) is 10.2 Å². The minimum atomic E-state index is -0.846. The van der Waals surface area contributed by atoms with Crippen LogP contribution in [0.25, 0.3) is 11.4 Å². The zero-order chi connectivity index (χ0) is 43.1. The SMILES string of the molecule is CC(C)(C)OC(=O)NCC1CCC(C(=O)N[C@@H](Cc2ccc(C3(C)C=CN=C(C4CN(C(=O)OC(C)(C)C)CCN4)C3)cc2)C(=O)Nc2ccc(-c3nn[nH]n3)cc2)CC1. The maximum absolute atomic E-state index is 14.0. The molecule has 2 aromatic carbocycles. The van der Waals surface area contributed by atoms with Crippen molar-refractivity contribution in [3.63, 3.8) is 0 Å². The summed E-state index contributed by atoms with van der Waals surface area (Å²) in [7, 11) is 0. The minimum absolute atomic E-state index is 0.100. The molecule has 3 heterocycles. The number of piperazine rings is 1. The van der Waals surface area contributed by atoms with Gasteiger partial charge in [-0.2, -0.15) is 5.21 Å². The summed E-state index contributed by atoms with van der Waals surface area (Å²) in [5.74, 6) is -0.0695. The molecule has 1 aromatic heterocycles. The molecule has 3 aliphatic rings. The van der Waals surface area contributed by atoms with E-state index >= 15 is 0 Å². The Hall–Kier alpha value is -5.64. The molecule has 16 heteroatoms. The number of nitrogens with one attached hydrogen (secondary N) is 5. The van der Waals surface area contributed by atoms with Crippen molar-refractivity contribution in [3.8, 4) is 11.4 Å². The summed E-state index contributed by atoms with van der Waals surface area (Å²) >= 11 is 0. The fourth-order valence-electron chi connectivity index (χ4n) is 7.80. The van der Waals surface area contributed by atoms with Gasteiger partial charge in [-0.3, -0.25) is 14.6 Å². The second-order valence-corrected chi connectivity index (χ2v) is 18.3. The van der Waals surface area contributed by atoms with Gasteiger partial charge in [-0.1, -0.05) is 37.3 Å². The summed E-state index contributed by atoms with van der Waals surface area (Å²) in [4.78, 5) is 59.3. The van der Waals surface area contributed by atoms with Crippen molar-refractivity contribution in [1.82, 2.24) is 41.5 Å². The average molecular weight is 825 g/mol. The van der Waals surface area contributed by atoms with Gasteiger partial charge >= 0.3 is 12.2 Å². The number of carbonyl (C=O) groups is 4. The number of amides is 4. The number of benzene rings is 2. The summed E-state index contributed by atoms with van der Waals surface area (Å²) in [6.45, 7) is 15.4. The number of anilines is 1. The van der Waals surface area contributed by atoms with E-state index in [2.05, 4.69) is 67.0 Å². The highest BCUT2D eigenvalue weighted by molar-refractivity contribution is 5.98. The summed E-state index contributed by atoms with van der Waals surface area (Å²) in [5, 5.41) is 26.5. The Balaban J connectivity index is 1.10. The normalized spacial score (nSPS) is 22.6. The average Bonchev–Trinajstić information content (AvgIpc) is 3.75. The van der Waals surface area contributed by atoms with E-state index in [1.54, 1.807) is 29.2 Å². The molecule has 3 aromatic rings. The van der Waals surface area contributed by atoms with Crippen molar-refractivity contribution in [2.45, 2.75) is 116 Å². The van der Waals surface area contributed by atoms with E-state index < -0.39 is 23.3 Å². The third-order valence-electron chi connectivity index (χ3n) is 11.1. The lowest BCUT2D eigenvalue weighted by Gasteiger charge is -2.38. The van der Waals surface area contributed by atoms with Crippen LogP contribution in [0.5, 0.6) is 0 Å². The first-order valence-electron chi connectivity index (χ1n) is 20.9. The molecule has 4 amide bonds. The first-order valence-corrected chi connectivity index (χ1v) is 20.9. The quantitative estimate of drug-likeness (QED) is 0.160. The van der Waals surface area contributed by atoms with Gasteiger partial charge in [0, 0.05) is 73.5 Å². The van der Waals surface area contributed by atoms with Gasteiger partial charge in [-0.05, 0) is 114 Å². The molecule has 0 bridgehead atoms. The van der Waals surface area contributed by atoms with Crippen LogP contribution in [-0.4, -0.2) is 105 Å². The van der Waals surface area contributed by atoms with Gasteiger partial charge in [0.2, 0.25) is 17.6 Å². The molecule has 1 saturated heterocycles. The molecule has 0 spiro atoms. The van der Waals surface area contributed by atoms with Gasteiger partial charge in [0.25, 0.3) is 0 Å². The molecular weight excluding hydrogens is 765 g/mol. The first-order chi connectivity index (χ1) is 28.4. The number of carbonyl (C=O) groups excluding carboxylic acids is 4. The number of tetrazole rings is 1. The van der Waals surface area contributed by atoms with Gasteiger partial charge in [0.15, 0.2) is 0 Å². The predicted molar refractivity (Wildman–Crippen MR) is 228 cm³/mol. The van der Waals surface area contributed by atoms with E-state index in [4.69, 9.17) is 14.5 Å². The molecule has 322 valence electrons. The maximum atomic E-state index is 14.0. The van der Waals surface area contributed by atoms with Gasteiger partial charge in [0.05, 0.1) is 6.04 Å². The van der Waals surface area contributed by atoms with E-state index in [-0.39, 0.29) is 47.6 Å². The third kappa shape index (κ3) is 12.2. The number of ether oxygens (including phenoxy) is 2. The van der Waals surface area contributed by atoms with Crippen molar-refractivity contribution < 1.29 is 28.7 Å².